The van der Waals surface area contributed by atoms with Gasteiger partial charge in [0.2, 0.25) is 0 Å². The van der Waals surface area contributed by atoms with E-state index in [2.05, 4.69) is 0 Å². The summed E-state index contributed by atoms with van der Waals surface area (Å²) in [5, 5.41) is 18.8. The van der Waals surface area contributed by atoms with Crippen molar-refractivity contribution in [3.63, 3.8) is 0 Å². The number of nitrogens with zero attached hydrogens (tertiary/aromatic N) is 1. The van der Waals surface area contributed by atoms with E-state index in [1.165, 1.54) is 0 Å². The standard InChI is InChI=1S/C12H19F2NO5/c1-11(2,3)20-10(18)15-5-4-12(19,9(13)14)6-7(15)8(16)17/h7,9,19H,4-6H2,1-3H3,(H,16,17)/t7-,12-/m1/s1. The lowest BCUT2D eigenvalue weighted by Gasteiger charge is -2.41. The van der Waals surface area contributed by atoms with E-state index < -0.39 is 48.6 Å². The van der Waals surface area contributed by atoms with Gasteiger partial charge in [0, 0.05) is 13.0 Å². The van der Waals surface area contributed by atoms with Gasteiger partial charge in [-0.25, -0.2) is 18.4 Å². The van der Waals surface area contributed by atoms with Crippen molar-refractivity contribution < 1.29 is 33.3 Å². The van der Waals surface area contributed by atoms with Gasteiger partial charge in [0.15, 0.2) is 0 Å². The Morgan fingerprint density at radius 3 is 2.35 bits per heavy atom. The van der Waals surface area contributed by atoms with Gasteiger partial charge in [-0.05, 0) is 27.2 Å². The number of halogens is 2. The van der Waals surface area contributed by atoms with Gasteiger partial charge in [0.25, 0.3) is 6.43 Å². The van der Waals surface area contributed by atoms with Gasteiger partial charge in [0.1, 0.15) is 17.2 Å². The topological polar surface area (TPSA) is 87.1 Å². The zero-order valence-corrected chi connectivity index (χ0v) is 11.6. The minimum atomic E-state index is -3.06. The maximum Gasteiger partial charge on any atom is 0.411 e. The summed E-state index contributed by atoms with van der Waals surface area (Å²) in [6.07, 6.45) is -5.07. The number of carbonyl (C=O) groups excluding carboxylic acids is 1. The molecule has 0 bridgehead atoms. The zero-order valence-electron chi connectivity index (χ0n) is 11.6. The number of likely N-dealkylation sites (tertiary alicyclic amines) is 1. The smallest absolute Gasteiger partial charge is 0.411 e. The Hall–Kier alpha value is -1.44. The Bertz CT molecular complexity index is 396. The molecule has 0 saturated carbocycles. The molecule has 2 atom stereocenters. The van der Waals surface area contributed by atoms with Crippen LogP contribution in [0.5, 0.6) is 0 Å². The third-order valence-electron chi connectivity index (χ3n) is 3.03. The Morgan fingerprint density at radius 2 is 1.95 bits per heavy atom. The zero-order chi connectivity index (χ0) is 15.7. The number of amides is 1. The summed E-state index contributed by atoms with van der Waals surface area (Å²) in [5.74, 6) is -1.45. The lowest BCUT2D eigenvalue weighted by Crippen LogP contribution is -2.58. The van der Waals surface area contributed by atoms with Gasteiger partial charge in [-0.1, -0.05) is 0 Å². The molecule has 1 amide bonds. The second-order valence-corrected chi connectivity index (χ2v) is 5.89. The molecule has 0 aromatic carbocycles. The fourth-order valence-electron chi connectivity index (χ4n) is 1.97. The van der Waals surface area contributed by atoms with E-state index in [0.29, 0.717) is 0 Å². The Kier molecular flexibility index (Phi) is 4.58. The molecule has 1 saturated heterocycles. The van der Waals surface area contributed by atoms with Crippen molar-refractivity contribution in [2.24, 2.45) is 0 Å². The molecule has 0 spiro atoms. The monoisotopic (exact) mass is 295 g/mol. The van der Waals surface area contributed by atoms with Crippen LogP contribution in [0.25, 0.3) is 0 Å². The van der Waals surface area contributed by atoms with E-state index in [1.807, 2.05) is 0 Å². The van der Waals surface area contributed by atoms with Gasteiger partial charge >= 0.3 is 12.1 Å². The summed E-state index contributed by atoms with van der Waals surface area (Å²) in [6.45, 7) is 4.53. The van der Waals surface area contributed by atoms with Crippen LogP contribution in [0.3, 0.4) is 0 Å². The minimum absolute atomic E-state index is 0.299. The fourth-order valence-corrected chi connectivity index (χ4v) is 1.97. The Labute approximate surface area is 115 Å². The molecular weight excluding hydrogens is 276 g/mol. The van der Waals surface area contributed by atoms with Crippen molar-refractivity contribution in [1.29, 1.82) is 0 Å². The molecular formula is C12H19F2NO5. The van der Waals surface area contributed by atoms with E-state index in [1.54, 1.807) is 20.8 Å². The molecule has 6 nitrogen and oxygen atoms in total. The molecule has 1 aliphatic heterocycles. The molecule has 8 heteroatoms. The summed E-state index contributed by atoms with van der Waals surface area (Å²) in [4.78, 5) is 23.9. The second kappa shape index (κ2) is 5.51. The average molecular weight is 295 g/mol. The first-order chi connectivity index (χ1) is 8.96. The van der Waals surface area contributed by atoms with Crippen LogP contribution in [0.15, 0.2) is 0 Å². The van der Waals surface area contributed by atoms with Crippen LogP contribution < -0.4 is 0 Å². The normalized spacial score (nSPS) is 27.6. The predicted molar refractivity (Wildman–Crippen MR) is 64.6 cm³/mol. The highest BCUT2D eigenvalue weighted by Crippen LogP contribution is 2.33. The molecule has 0 aromatic heterocycles. The average Bonchev–Trinajstić information content (AvgIpc) is 2.26. The number of alkyl halides is 2. The highest BCUT2D eigenvalue weighted by Gasteiger charge is 2.49. The first-order valence-corrected chi connectivity index (χ1v) is 6.19. The lowest BCUT2D eigenvalue weighted by molar-refractivity contribution is -0.163. The van der Waals surface area contributed by atoms with Crippen LogP contribution in [0.4, 0.5) is 13.6 Å². The minimum Gasteiger partial charge on any atom is -0.480 e. The van der Waals surface area contributed by atoms with Crippen molar-refractivity contribution >= 4 is 12.1 Å². The van der Waals surface area contributed by atoms with Gasteiger partial charge in [-0.15, -0.1) is 0 Å². The van der Waals surface area contributed by atoms with Crippen molar-refractivity contribution in [3.8, 4) is 0 Å². The largest absolute Gasteiger partial charge is 0.480 e. The quantitative estimate of drug-likeness (QED) is 0.805. The van der Waals surface area contributed by atoms with Crippen LogP contribution in [-0.2, 0) is 9.53 Å². The van der Waals surface area contributed by atoms with Crippen molar-refractivity contribution in [3.05, 3.63) is 0 Å². The molecule has 0 aliphatic carbocycles. The molecule has 0 unspecified atom stereocenters. The number of piperidine rings is 1. The van der Waals surface area contributed by atoms with E-state index in [9.17, 15) is 23.5 Å². The van der Waals surface area contributed by atoms with Crippen LogP contribution >= 0.6 is 0 Å². The van der Waals surface area contributed by atoms with Gasteiger partial charge in [-0.3, -0.25) is 4.90 Å². The number of carboxylic acids is 1. The highest BCUT2D eigenvalue weighted by molar-refractivity contribution is 5.80. The second-order valence-electron chi connectivity index (χ2n) is 5.89. The molecule has 1 aliphatic rings. The SMILES string of the molecule is CC(C)(C)OC(=O)N1CC[C@](O)(C(F)F)C[C@@H]1C(=O)O. The van der Waals surface area contributed by atoms with E-state index in [0.717, 1.165) is 4.90 Å². The third kappa shape index (κ3) is 3.78. The number of aliphatic carboxylic acids is 1. The van der Waals surface area contributed by atoms with Crippen LogP contribution in [-0.4, -0.2) is 57.4 Å². The van der Waals surface area contributed by atoms with Crippen LogP contribution in [0.2, 0.25) is 0 Å². The lowest BCUT2D eigenvalue weighted by atomic mass is 9.87. The molecule has 1 fully saturated rings. The number of carbonyl (C=O) groups is 2. The highest BCUT2D eigenvalue weighted by atomic mass is 19.3. The summed E-state index contributed by atoms with van der Waals surface area (Å²) in [5.41, 5.74) is -3.21. The number of ether oxygens (including phenoxy) is 1. The van der Waals surface area contributed by atoms with E-state index >= 15 is 0 Å². The molecule has 2 N–H and O–H groups in total. The first kappa shape index (κ1) is 16.6. The van der Waals surface area contributed by atoms with Gasteiger partial charge < -0.3 is 14.9 Å². The number of hydrogen-bond donors (Lipinski definition) is 2. The number of rotatable bonds is 2. The molecule has 1 heterocycles. The molecule has 20 heavy (non-hydrogen) atoms. The van der Waals surface area contributed by atoms with Gasteiger partial charge in [-0.2, -0.15) is 0 Å². The molecule has 116 valence electrons. The summed E-state index contributed by atoms with van der Waals surface area (Å²) >= 11 is 0. The van der Waals surface area contributed by atoms with Crippen molar-refractivity contribution in [2.45, 2.75) is 57.3 Å². The van der Waals surface area contributed by atoms with Crippen LogP contribution in [0, 0.1) is 0 Å². The summed E-state index contributed by atoms with van der Waals surface area (Å²) in [6, 6.07) is -1.53. The first-order valence-electron chi connectivity index (χ1n) is 6.19. The predicted octanol–water partition coefficient (Wildman–Crippen LogP) is 1.47. The number of hydrogen-bond acceptors (Lipinski definition) is 4. The number of carboxylic acid groups (broad SMARTS) is 1. The molecule has 0 aromatic rings. The van der Waals surface area contributed by atoms with Crippen molar-refractivity contribution in [2.75, 3.05) is 6.54 Å². The van der Waals surface area contributed by atoms with E-state index in [-0.39, 0.29) is 6.54 Å². The van der Waals surface area contributed by atoms with Crippen LogP contribution in [0.1, 0.15) is 33.6 Å². The fraction of sp³-hybridized carbons (Fsp3) is 0.833. The summed E-state index contributed by atoms with van der Waals surface area (Å²) < 4.78 is 30.6. The third-order valence-corrected chi connectivity index (χ3v) is 3.03. The summed E-state index contributed by atoms with van der Waals surface area (Å²) in [7, 11) is 0. The molecule has 1 rings (SSSR count). The Morgan fingerprint density at radius 1 is 1.40 bits per heavy atom. The van der Waals surface area contributed by atoms with E-state index in [4.69, 9.17) is 9.84 Å². The van der Waals surface area contributed by atoms with Crippen molar-refractivity contribution in [1.82, 2.24) is 4.90 Å². The number of aliphatic hydroxyl groups is 1. The molecule has 0 radical (unpaired) electrons. The maximum absolute atomic E-state index is 12.8. The Balaban J connectivity index is 2.89. The van der Waals surface area contributed by atoms with Gasteiger partial charge in [0.05, 0.1) is 0 Å². The maximum atomic E-state index is 12.8.